The fourth-order valence-electron chi connectivity index (χ4n) is 3.46. The molecule has 1 saturated heterocycles. The van der Waals surface area contributed by atoms with Crippen molar-refractivity contribution in [2.45, 2.75) is 12.5 Å². The second-order valence-corrected chi connectivity index (χ2v) is 7.16. The van der Waals surface area contributed by atoms with Crippen molar-refractivity contribution in [3.63, 3.8) is 0 Å². The number of rotatable bonds is 7. The zero-order valence-corrected chi connectivity index (χ0v) is 16.8. The molecular weight excluding hydrogens is 370 g/mol. The molecule has 152 valence electrons. The van der Waals surface area contributed by atoms with Crippen LogP contribution < -0.4 is 4.74 Å². The standard InChI is InChI=1S/C22H25N3O4/c1-24(2)12-5-13-25-19(16-6-4-11-23-14-16)18(21(27)22(25)28)20(26)15-7-9-17(29-3)10-8-15/h4,6-11,14,19,26H,5,12-13H2,1-3H3/b20-18-/t19-/m1/s1. The van der Waals surface area contributed by atoms with Gasteiger partial charge in [0.15, 0.2) is 0 Å². The molecule has 1 aliphatic rings. The quantitative estimate of drug-likeness (QED) is 0.441. The number of Topliss-reactive ketones (excluding diaryl/α,β-unsaturated/α-hetero) is 1. The van der Waals surface area contributed by atoms with E-state index in [4.69, 9.17) is 4.74 Å². The first-order valence-corrected chi connectivity index (χ1v) is 9.41. The van der Waals surface area contributed by atoms with Crippen LogP contribution in [0.2, 0.25) is 0 Å². The first-order chi connectivity index (χ1) is 13.9. The molecule has 0 radical (unpaired) electrons. The highest BCUT2D eigenvalue weighted by molar-refractivity contribution is 6.46. The zero-order valence-electron chi connectivity index (χ0n) is 16.8. The fraction of sp³-hybridized carbons (Fsp3) is 0.318. The first-order valence-electron chi connectivity index (χ1n) is 9.41. The van der Waals surface area contributed by atoms with Crippen molar-refractivity contribution in [3.8, 4) is 5.75 Å². The van der Waals surface area contributed by atoms with E-state index in [2.05, 4.69) is 4.98 Å². The van der Waals surface area contributed by atoms with Crippen LogP contribution in [0.25, 0.3) is 5.76 Å². The summed E-state index contributed by atoms with van der Waals surface area (Å²) in [5, 5.41) is 10.9. The number of likely N-dealkylation sites (tertiary alicyclic amines) is 1. The van der Waals surface area contributed by atoms with Crippen LogP contribution in [0.4, 0.5) is 0 Å². The van der Waals surface area contributed by atoms with Gasteiger partial charge in [0.2, 0.25) is 0 Å². The van der Waals surface area contributed by atoms with Gasteiger partial charge in [-0.1, -0.05) is 6.07 Å². The Morgan fingerprint density at radius 1 is 1.21 bits per heavy atom. The molecule has 7 heteroatoms. The minimum Gasteiger partial charge on any atom is -0.507 e. The lowest BCUT2D eigenvalue weighted by Crippen LogP contribution is -2.32. The second-order valence-electron chi connectivity index (χ2n) is 7.16. The van der Waals surface area contributed by atoms with Gasteiger partial charge in [0.1, 0.15) is 11.5 Å². The van der Waals surface area contributed by atoms with E-state index in [9.17, 15) is 14.7 Å². The van der Waals surface area contributed by atoms with Crippen molar-refractivity contribution < 1.29 is 19.4 Å². The summed E-state index contributed by atoms with van der Waals surface area (Å²) in [7, 11) is 5.46. The van der Waals surface area contributed by atoms with Gasteiger partial charge in [0.05, 0.1) is 18.7 Å². The molecule has 2 aromatic rings. The topological polar surface area (TPSA) is 83.0 Å². The lowest BCUT2D eigenvalue weighted by molar-refractivity contribution is -0.139. The number of methoxy groups -OCH3 is 1. The zero-order chi connectivity index (χ0) is 21.0. The predicted octanol–water partition coefficient (Wildman–Crippen LogP) is 2.46. The average molecular weight is 395 g/mol. The van der Waals surface area contributed by atoms with E-state index in [0.717, 1.165) is 6.54 Å². The minimum atomic E-state index is -0.683. The van der Waals surface area contributed by atoms with Crippen LogP contribution in [0.5, 0.6) is 5.75 Å². The molecule has 0 bridgehead atoms. The highest BCUT2D eigenvalue weighted by atomic mass is 16.5. The summed E-state index contributed by atoms with van der Waals surface area (Å²) >= 11 is 0. The van der Waals surface area contributed by atoms with E-state index in [-0.39, 0.29) is 11.3 Å². The number of nitrogens with zero attached hydrogens (tertiary/aromatic N) is 3. The van der Waals surface area contributed by atoms with Crippen molar-refractivity contribution in [2.24, 2.45) is 0 Å². The van der Waals surface area contributed by atoms with Gasteiger partial charge in [0.25, 0.3) is 11.7 Å². The van der Waals surface area contributed by atoms with E-state index < -0.39 is 17.7 Å². The number of aliphatic hydroxyl groups excluding tert-OH is 1. The smallest absolute Gasteiger partial charge is 0.295 e. The number of aliphatic hydroxyl groups is 1. The van der Waals surface area contributed by atoms with Gasteiger partial charge in [-0.2, -0.15) is 0 Å². The van der Waals surface area contributed by atoms with Crippen LogP contribution in [0, 0.1) is 0 Å². The van der Waals surface area contributed by atoms with Crippen LogP contribution in [0.3, 0.4) is 0 Å². The second kappa shape index (κ2) is 8.87. The summed E-state index contributed by atoms with van der Waals surface area (Å²) in [6, 6.07) is 9.60. The molecule has 1 amide bonds. The van der Waals surface area contributed by atoms with Gasteiger partial charge in [-0.15, -0.1) is 0 Å². The number of benzene rings is 1. The third-order valence-electron chi connectivity index (χ3n) is 4.91. The Morgan fingerprint density at radius 2 is 1.93 bits per heavy atom. The summed E-state index contributed by atoms with van der Waals surface area (Å²) in [6.07, 6.45) is 3.96. The molecule has 0 saturated carbocycles. The number of pyridine rings is 1. The first kappa shape index (κ1) is 20.5. The molecule has 0 spiro atoms. The van der Waals surface area contributed by atoms with Gasteiger partial charge < -0.3 is 19.6 Å². The fourth-order valence-corrected chi connectivity index (χ4v) is 3.46. The molecule has 7 nitrogen and oxygen atoms in total. The average Bonchev–Trinajstić information content (AvgIpc) is 2.98. The van der Waals surface area contributed by atoms with Crippen LogP contribution >= 0.6 is 0 Å². The van der Waals surface area contributed by atoms with Crippen LogP contribution in [-0.4, -0.2) is 65.9 Å². The van der Waals surface area contributed by atoms with Crippen LogP contribution in [0.1, 0.15) is 23.6 Å². The summed E-state index contributed by atoms with van der Waals surface area (Å²) in [6.45, 7) is 1.18. The summed E-state index contributed by atoms with van der Waals surface area (Å²) in [5.74, 6) is -0.853. The Labute approximate surface area is 170 Å². The summed E-state index contributed by atoms with van der Waals surface area (Å²) in [4.78, 5) is 33.3. The molecular formula is C22H25N3O4. The third kappa shape index (κ3) is 4.30. The van der Waals surface area contributed by atoms with Gasteiger partial charge in [-0.05, 0) is 63.0 Å². The number of amides is 1. The predicted molar refractivity (Wildman–Crippen MR) is 109 cm³/mol. The lowest BCUT2D eigenvalue weighted by atomic mass is 9.96. The molecule has 1 atom stereocenters. The number of carbonyl (C=O) groups is 2. The highest BCUT2D eigenvalue weighted by Gasteiger charge is 2.45. The maximum atomic E-state index is 12.9. The molecule has 1 aromatic carbocycles. The third-order valence-corrected chi connectivity index (χ3v) is 4.91. The number of hydrogen-bond acceptors (Lipinski definition) is 6. The molecule has 1 N–H and O–H groups in total. The molecule has 3 rings (SSSR count). The Hall–Kier alpha value is -3.19. The number of hydrogen-bond donors (Lipinski definition) is 1. The van der Waals surface area contributed by atoms with Crippen molar-refractivity contribution >= 4 is 17.4 Å². The van der Waals surface area contributed by atoms with E-state index in [1.165, 1.54) is 4.90 Å². The van der Waals surface area contributed by atoms with Gasteiger partial charge in [0, 0.05) is 24.5 Å². The number of carbonyl (C=O) groups excluding carboxylic acids is 2. The molecule has 0 aliphatic carbocycles. The van der Waals surface area contributed by atoms with Crippen molar-refractivity contribution in [2.75, 3.05) is 34.3 Å². The number of ketones is 1. The Balaban J connectivity index is 2.05. The SMILES string of the molecule is COc1ccc(/C(O)=C2/C(=O)C(=O)N(CCCN(C)C)[C@@H]2c2cccnc2)cc1. The van der Waals surface area contributed by atoms with E-state index >= 15 is 0 Å². The van der Waals surface area contributed by atoms with Gasteiger partial charge in [-0.3, -0.25) is 14.6 Å². The Bertz CT molecular complexity index is 907. The number of aromatic nitrogens is 1. The molecule has 29 heavy (non-hydrogen) atoms. The molecule has 1 aromatic heterocycles. The van der Waals surface area contributed by atoms with E-state index in [1.807, 2.05) is 25.1 Å². The monoisotopic (exact) mass is 395 g/mol. The Morgan fingerprint density at radius 3 is 2.52 bits per heavy atom. The van der Waals surface area contributed by atoms with Crippen LogP contribution in [0.15, 0.2) is 54.4 Å². The molecule has 2 heterocycles. The maximum Gasteiger partial charge on any atom is 0.295 e. The normalized spacial score (nSPS) is 18.5. The van der Waals surface area contributed by atoms with Crippen LogP contribution in [-0.2, 0) is 9.59 Å². The van der Waals surface area contributed by atoms with Crippen molar-refractivity contribution in [1.29, 1.82) is 0 Å². The van der Waals surface area contributed by atoms with Gasteiger partial charge >= 0.3 is 0 Å². The van der Waals surface area contributed by atoms with E-state index in [1.54, 1.807) is 49.8 Å². The molecule has 0 unspecified atom stereocenters. The highest BCUT2D eigenvalue weighted by Crippen LogP contribution is 2.39. The number of ether oxygens (including phenoxy) is 1. The Kier molecular flexibility index (Phi) is 6.29. The van der Waals surface area contributed by atoms with E-state index in [0.29, 0.717) is 29.8 Å². The van der Waals surface area contributed by atoms with Crippen molar-refractivity contribution in [3.05, 3.63) is 65.5 Å². The molecule has 1 aliphatic heterocycles. The minimum absolute atomic E-state index is 0.0815. The maximum absolute atomic E-state index is 12.9. The van der Waals surface area contributed by atoms with Gasteiger partial charge in [-0.25, -0.2) is 0 Å². The summed E-state index contributed by atoms with van der Waals surface area (Å²) in [5.41, 5.74) is 1.22. The van der Waals surface area contributed by atoms with Crippen molar-refractivity contribution in [1.82, 2.24) is 14.8 Å². The lowest BCUT2D eigenvalue weighted by Gasteiger charge is -2.25. The molecule has 1 fully saturated rings. The summed E-state index contributed by atoms with van der Waals surface area (Å²) < 4.78 is 5.14. The largest absolute Gasteiger partial charge is 0.507 e.